The molecule has 0 aliphatic carbocycles. The lowest BCUT2D eigenvalue weighted by atomic mass is 9.93. The number of piperidine rings is 1. The highest BCUT2D eigenvalue weighted by Crippen LogP contribution is 2.25. The van der Waals surface area contributed by atoms with Gasteiger partial charge in [0, 0.05) is 24.4 Å². The summed E-state index contributed by atoms with van der Waals surface area (Å²) in [6.45, 7) is 1.51. The molecule has 0 aromatic carbocycles. The third-order valence-electron chi connectivity index (χ3n) is 3.59. The van der Waals surface area contributed by atoms with Crippen LogP contribution in [-0.4, -0.2) is 35.0 Å². The minimum absolute atomic E-state index is 0.152. The second-order valence-corrected chi connectivity index (χ2v) is 7.71. The zero-order valence-electron chi connectivity index (χ0n) is 11.2. The van der Waals surface area contributed by atoms with E-state index in [4.69, 9.17) is 5.11 Å². The Balaban J connectivity index is 1.84. The molecular weight excluding hydrogens is 342 g/mol. The van der Waals surface area contributed by atoms with E-state index in [0.717, 1.165) is 28.0 Å². The number of likely N-dealkylation sites (tertiary alicyclic amines) is 1. The number of hydrogen-bond acceptors (Lipinski definition) is 3. The van der Waals surface area contributed by atoms with Crippen molar-refractivity contribution >= 4 is 39.1 Å². The molecule has 1 saturated heterocycles. The van der Waals surface area contributed by atoms with Crippen molar-refractivity contribution in [3.05, 3.63) is 20.8 Å². The van der Waals surface area contributed by atoms with Gasteiger partial charge in [0.25, 0.3) is 0 Å². The molecule has 4 nitrogen and oxygen atoms in total. The summed E-state index contributed by atoms with van der Waals surface area (Å²) in [6.07, 6.45) is 3.32. The van der Waals surface area contributed by atoms with E-state index < -0.39 is 5.97 Å². The van der Waals surface area contributed by atoms with Gasteiger partial charge in [-0.25, -0.2) is 0 Å². The smallest absolute Gasteiger partial charge is 0.303 e. The molecule has 0 saturated carbocycles. The molecule has 2 heterocycles. The molecule has 6 heteroatoms. The first-order valence-corrected chi connectivity index (χ1v) is 8.39. The van der Waals surface area contributed by atoms with Crippen molar-refractivity contribution in [2.24, 2.45) is 5.92 Å². The van der Waals surface area contributed by atoms with Crippen molar-refractivity contribution in [1.29, 1.82) is 0 Å². The lowest BCUT2D eigenvalue weighted by molar-refractivity contribution is -0.137. The molecule has 0 radical (unpaired) electrons. The highest BCUT2D eigenvalue weighted by atomic mass is 79.9. The molecule has 1 amide bonds. The first kappa shape index (κ1) is 15.5. The molecule has 0 spiro atoms. The van der Waals surface area contributed by atoms with Gasteiger partial charge in [-0.05, 0) is 53.2 Å². The Hall–Kier alpha value is -0.880. The first-order chi connectivity index (χ1) is 9.54. The Morgan fingerprint density at radius 1 is 1.45 bits per heavy atom. The number of carbonyl (C=O) groups is 2. The molecule has 1 N–H and O–H groups in total. The molecule has 1 aliphatic rings. The number of carboxylic acids is 1. The van der Waals surface area contributed by atoms with Crippen LogP contribution in [0.1, 0.15) is 30.6 Å². The summed E-state index contributed by atoms with van der Waals surface area (Å²) in [5, 5.41) is 8.73. The second kappa shape index (κ2) is 7.22. The lowest BCUT2D eigenvalue weighted by Crippen LogP contribution is -2.40. The van der Waals surface area contributed by atoms with Gasteiger partial charge in [0.05, 0.1) is 10.2 Å². The van der Waals surface area contributed by atoms with Crippen LogP contribution >= 0.6 is 27.3 Å². The molecule has 1 aliphatic heterocycles. The summed E-state index contributed by atoms with van der Waals surface area (Å²) in [5.41, 5.74) is 0. The number of halogens is 1. The van der Waals surface area contributed by atoms with Crippen LogP contribution in [-0.2, 0) is 16.0 Å². The number of rotatable bonds is 5. The van der Waals surface area contributed by atoms with Crippen LogP contribution in [0.2, 0.25) is 0 Å². The average molecular weight is 360 g/mol. The number of hydrogen-bond donors (Lipinski definition) is 1. The van der Waals surface area contributed by atoms with Gasteiger partial charge >= 0.3 is 5.97 Å². The summed E-state index contributed by atoms with van der Waals surface area (Å²) in [7, 11) is 0. The molecule has 0 unspecified atom stereocenters. The second-order valence-electron chi connectivity index (χ2n) is 5.16. The van der Waals surface area contributed by atoms with Gasteiger partial charge in [-0.3, -0.25) is 9.59 Å². The minimum atomic E-state index is -0.753. The van der Waals surface area contributed by atoms with Gasteiger partial charge in [0.2, 0.25) is 5.91 Å². The first-order valence-electron chi connectivity index (χ1n) is 6.78. The van der Waals surface area contributed by atoms with E-state index in [9.17, 15) is 9.59 Å². The van der Waals surface area contributed by atoms with Crippen LogP contribution in [0.15, 0.2) is 15.9 Å². The lowest BCUT2D eigenvalue weighted by Gasteiger charge is -2.32. The van der Waals surface area contributed by atoms with Crippen LogP contribution in [0.25, 0.3) is 0 Å². The topological polar surface area (TPSA) is 57.6 Å². The van der Waals surface area contributed by atoms with Gasteiger partial charge < -0.3 is 10.0 Å². The number of thiophene rings is 1. The molecular formula is C14H18BrNO3S. The van der Waals surface area contributed by atoms with E-state index >= 15 is 0 Å². The van der Waals surface area contributed by atoms with Crippen LogP contribution < -0.4 is 0 Å². The number of aliphatic carboxylic acids is 1. The highest BCUT2D eigenvalue weighted by Gasteiger charge is 2.24. The fraction of sp³-hybridized carbons (Fsp3) is 0.571. The van der Waals surface area contributed by atoms with E-state index in [0.29, 0.717) is 25.3 Å². The zero-order chi connectivity index (χ0) is 14.5. The fourth-order valence-corrected chi connectivity index (χ4v) is 4.04. The summed E-state index contributed by atoms with van der Waals surface area (Å²) < 4.78 is 1.04. The molecule has 1 aromatic rings. The van der Waals surface area contributed by atoms with Gasteiger partial charge in [-0.1, -0.05) is 0 Å². The number of carbonyl (C=O) groups excluding carboxylic acids is 1. The summed E-state index contributed by atoms with van der Waals surface area (Å²) in [5.74, 6) is -0.268. The van der Waals surface area contributed by atoms with E-state index in [1.54, 1.807) is 11.3 Å². The van der Waals surface area contributed by atoms with Crippen molar-refractivity contribution in [3.63, 3.8) is 0 Å². The molecule has 110 valence electrons. The fourth-order valence-electron chi connectivity index (χ4n) is 2.56. The Labute approximate surface area is 130 Å². The maximum absolute atomic E-state index is 12.3. The Kier molecular flexibility index (Phi) is 5.60. The maximum atomic E-state index is 12.3. The average Bonchev–Trinajstić information content (AvgIpc) is 2.82. The van der Waals surface area contributed by atoms with Gasteiger partial charge in [-0.15, -0.1) is 11.3 Å². The third-order valence-corrected chi connectivity index (χ3v) is 5.22. The van der Waals surface area contributed by atoms with Crippen LogP contribution in [0.3, 0.4) is 0 Å². The van der Waals surface area contributed by atoms with Gasteiger partial charge in [-0.2, -0.15) is 0 Å². The van der Waals surface area contributed by atoms with E-state index in [2.05, 4.69) is 15.9 Å². The molecule has 20 heavy (non-hydrogen) atoms. The van der Waals surface area contributed by atoms with Crippen LogP contribution in [0.5, 0.6) is 0 Å². The van der Waals surface area contributed by atoms with Crippen molar-refractivity contribution < 1.29 is 14.7 Å². The molecule has 2 rings (SSSR count). The van der Waals surface area contributed by atoms with Crippen LogP contribution in [0.4, 0.5) is 0 Å². The van der Waals surface area contributed by atoms with Crippen molar-refractivity contribution in [2.75, 3.05) is 13.1 Å². The zero-order valence-corrected chi connectivity index (χ0v) is 13.6. The molecule has 1 atom stereocenters. The number of carboxylic acid groups (broad SMARTS) is 1. The summed E-state index contributed by atoms with van der Waals surface area (Å²) in [6, 6.07) is 3.93. The normalized spacial score (nSPS) is 19.1. The SMILES string of the molecule is O=C(O)CC[C@@H]1CCCN(C(=O)Cc2ccc(Br)s2)C1. The largest absolute Gasteiger partial charge is 0.481 e. The van der Waals surface area contributed by atoms with Crippen molar-refractivity contribution in [1.82, 2.24) is 4.90 Å². The third kappa shape index (κ3) is 4.59. The van der Waals surface area contributed by atoms with E-state index in [1.807, 2.05) is 17.0 Å². The summed E-state index contributed by atoms with van der Waals surface area (Å²) >= 11 is 4.99. The predicted octanol–water partition coefficient (Wildman–Crippen LogP) is 3.16. The molecule has 0 bridgehead atoms. The maximum Gasteiger partial charge on any atom is 0.303 e. The monoisotopic (exact) mass is 359 g/mol. The molecule has 1 aromatic heterocycles. The van der Waals surface area contributed by atoms with Crippen LogP contribution in [0, 0.1) is 5.92 Å². The number of amides is 1. The summed E-state index contributed by atoms with van der Waals surface area (Å²) in [4.78, 5) is 25.8. The highest BCUT2D eigenvalue weighted by molar-refractivity contribution is 9.11. The number of nitrogens with zero attached hydrogens (tertiary/aromatic N) is 1. The van der Waals surface area contributed by atoms with Crippen molar-refractivity contribution in [3.8, 4) is 0 Å². The Bertz CT molecular complexity index is 489. The van der Waals surface area contributed by atoms with Gasteiger partial charge in [0.15, 0.2) is 0 Å². The molecule has 1 fully saturated rings. The Morgan fingerprint density at radius 3 is 2.90 bits per heavy atom. The minimum Gasteiger partial charge on any atom is -0.481 e. The quantitative estimate of drug-likeness (QED) is 0.878. The Morgan fingerprint density at radius 2 is 2.25 bits per heavy atom. The standard InChI is InChI=1S/C14H18BrNO3S/c15-12-5-4-11(20-12)8-13(17)16-7-1-2-10(9-16)3-6-14(18)19/h4-5,10H,1-3,6-9H2,(H,18,19)/t10-/m0/s1. The van der Waals surface area contributed by atoms with E-state index in [-0.39, 0.29) is 12.3 Å². The van der Waals surface area contributed by atoms with Crippen molar-refractivity contribution in [2.45, 2.75) is 32.1 Å². The predicted molar refractivity (Wildman–Crippen MR) is 81.9 cm³/mol. The van der Waals surface area contributed by atoms with Gasteiger partial charge in [0.1, 0.15) is 0 Å². The van der Waals surface area contributed by atoms with E-state index in [1.165, 1.54) is 0 Å².